The quantitative estimate of drug-likeness (QED) is 0.632. The van der Waals surface area contributed by atoms with E-state index in [1.54, 1.807) is 0 Å². The fourth-order valence-corrected chi connectivity index (χ4v) is 1.38. The van der Waals surface area contributed by atoms with Gasteiger partial charge >= 0.3 is 11.4 Å². The van der Waals surface area contributed by atoms with Gasteiger partial charge in [-0.05, 0) is 12.2 Å². The molecule has 120 valence electrons. The lowest BCUT2D eigenvalue weighted by molar-refractivity contribution is -0.404. The molecule has 2 N–H and O–H groups in total. The van der Waals surface area contributed by atoms with E-state index >= 15 is 0 Å². The molecule has 23 heavy (non-hydrogen) atoms. The van der Waals surface area contributed by atoms with Gasteiger partial charge in [-0.3, -0.25) is 30.3 Å². The van der Waals surface area contributed by atoms with Crippen LogP contribution in [0.5, 0.6) is 5.75 Å². The van der Waals surface area contributed by atoms with Crippen LogP contribution in [0.4, 0.5) is 17.1 Å². The molecule has 0 aromatic heterocycles. The number of benzene rings is 1. The Morgan fingerprint density at radius 1 is 0.783 bits per heavy atom. The highest BCUT2D eigenvalue weighted by Gasteiger charge is 2.30. The molecule has 0 bridgehead atoms. The fraction of sp³-hybridized carbons (Fsp3) is 0. The molecule has 1 aromatic rings. The highest BCUT2D eigenvalue weighted by Crippen LogP contribution is 2.38. The van der Waals surface area contributed by atoms with Gasteiger partial charge in [0.15, 0.2) is 0 Å². The molecule has 0 saturated heterocycles. The van der Waals surface area contributed by atoms with E-state index < -0.39 is 37.6 Å². The summed E-state index contributed by atoms with van der Waals surface area (Å²) in [5, 5.41) is 43.1. The standard InChI is InChI=1S/C6H3N3O7.C6H7N/c10-6-4(8(13)14)1-3(7(11)12)2-5(6)9(15)16;1-2-4-6-7-5-3-1/h1-2,10H;1-7H. The Labute approximate surface area is 128 Å². The van der Waals surface area contributed by atoms with Gasteiger partial charge < -0.3 is 10.4 Å². The van der Waals surface area contributed by atoms with Gasteiger partial charge in [-0.1, -0.05) is 12.2 Å². The number of hydrogen-bond donors (Lipinski definition) is 2. The Kier molecular flexibility index (Phi) is 5.92. The van der Waals surface area contributed by atoms with E-state index in [-0.39, 0.29) is 0 Å². The van der Waals surface area contributed by atoms with Crippen molar-refractivity contribution in [2.24, 2.45) is 0 Å². The van der Waals surface area contributed by atoms with Crippen LogP contribution in [0.3, 0.4) is 0 Å². The Bertz CT molecular complexity index is 675. The van der Waals surface area contributed by atoms with Crippen molar-refractivity contribution in [3.05, 3.63) is 79.2 Å². The van der Waals surface area contributed by atoms with Crippen molar-refractivity contribution in [1.29, 1.82) is 0 Å². The van der Waals surface area contributed by atoms with Gasteiger partial charge in [0.2, 0.25) is 0 Å². The van der Waals surface area contributed by atoms with Crippen molar-refractivity contribution in [1.82, 2.24) is 5.32 Å². The lowest BCUT2D eigenvalue weighted by Gasteiger charge is -1.97. The van der Waals surface area contributed by atoms with Crippen molar-refractivity contribution in [2.45, 2.75) is 0 Å². The van der Waals surface area contributed by atoms with Crippen LogP contribution >= 0.6 is 0 Å². The van der Waals surface area contributed by atoms with E-state index in [1.807, 2.05) is 36.7 Å². The summed E-state index contributed by atoms with van der Waals surface area (Å²) < 4.78 is 0. The van der Waals surface area contributed by atoms with Crippen molar-refractivity contribution in [3.63, 3.8) is 0 Å². The molecule has 11 heteroatoms. The van der Waals surface area contributed by atoms with Crippen LogP contribution in [0.25, 0.3) is 0 Å². The summed E-state index contributed by atoms with van der Waals surface area (Å²) in [7, 11) is 0. The first-order valence-electron chi connectivity index (χ1n) is 5.89. The number of non-ortho nitro benzene ring substituents is 1. The third kappa shape index (κ3) is 4.93. The average Bonchev–Trinajstić information content (AvgIpc) is 2.79. The SMILES string of the molecule is C1=CC=CNC=C1.O=[N+]([O-])c1cc([N+](=O)[O-])c(O)c([N+](=O)[O-])c1. The minimum absolute atomic E-state index is 0.447. The molecule has 1 aliphatic rings. The lowest BCUT2D eigenvalue weighted by atomic mass is 10.2. The summed E-state index contributed by atoms with van der Waals surface area (Å²) >= 11 is 0. The molecule has 0 radical (unpaired) electrons. The summed E-state index contributed by atoms with van der Waals surface area (Å²) in [5.74, 6) is -1.21. The highest BCUT2D eigenvalue weighted by atomic mass is 16.6. The molecule has 0 spiro atoms. The summed E-state index contributed by atoms with van der Waals surface area (Å²) in [6.45, 7) is 0. The van der Waals surface area contributed by atoms with Gasteiger partial charge in [-0.15, -0.1) is 0 Å². The van der Waals surface area contributed by atoms with Crippen molar-refractivity contribution < 1.29 is 19.9 Å². The van der Waals surface area contributed by atoms with Crippen LogP contribution in [0.2, 0.25) is 0 Å². The van der Waals surface area contributed by atoms with E-state index in [4.69, 9.17) is 5.11 Å². The molecule has 1 heterocycles. The van der Waals surface area contributed by atoms with Crippen LogP contribution < -0.4 is 5.32 Å². The second-order valence-electron chi connectivity index (χ2n) is 3.87. The highest BCUT2D eigenvalue weighted by molar-refractivity contribution is 5.64. The molecule has 1 aromatic carbocycles. The topological polar surface area (TPSA) is 162 Å². The molecule has 1 aliphatic heterocycles. The van der Waals surface area contributed by atoms with Crippen LogP contribution in [-0.2, 0) is 0 Å². The van der Waals surface area contributed by atoms with Gasteiger partial charge in [-0.2, -0.15) is 0 Å². The van der Waals surface area contributed by atoms with Gasteiger partial charge in [0, 0.05) is 12.4 Å². The predicted octanol–water partition coefficient (Wildman–Crippen LogP) is 2.29. The van der Waals surface area contributed by atoms with E-state index in [2.05, 4.69) is 5.32 Å². The largest absolute Gasteiger partial charge is 0.497 e. The first kappa shape index (κ1) is 17.3. The number of nitro groups is 3. The zero-order valence-corrected chi connectivity index (χ0v) is 11.4. The van der Waals surface area contributed by atoms with Gasteiger partial charge in [-0.25, -0.2) is 0 Å². The molecular formula is C12H10N4O7. The van der Waals surface area contributed by atoms with E-state index in [0.29, 0.717) is 12.1 Å². The zero-order chi connectivity index (χ0) is 17.4. The summed E-state index contributed by atoms with van der Waals surface area (Å²) in [5.41, 5.74) is -3.00. The van der Waals surface area contributed by atoms with E-state index in [1.165, 1.54) is 0 Å². The van der Waals surface area contributed by atoms with Crippen LogP contribution in [-0.4, -0.2) is 19.9 Å². The summed E-state index contributed by atoms with van der Waals surface area (Å²) in [6.07, 6.45) is 11.6. The Hall–Kier alpha value is -3.76. The van der Waals surface area contributed by atoms with E-state index in [0.717, 1.165) is 0 Å². The number of rotatable bonds is 3. The van der Waals surface area contributed by atoms with Crippen LogP contribution in [0, 0.1) is 30.3 Å². The minimum Gasteiger partial charge on any atom is -0.497 e. The van der Waals surface area contributed by atoms with Crippen LogP contribution in [0.1, 0.15) is 0 Å². The monoisotopic (exact) mass is 322 g/mol. The second kappa shape index (κ2) is 7.87. The third-order valence-electron chi connectivity index (χ3n) is 2.38. The van der Waals surface area contributed by atoms with Crippen molar-refractivity contribution >= 4 is 17.1 Å². The normalized spacial score (nSPS) is 11.7. The average molecular weight is 322 g/mol. The minimum atomic E-state index is -1.21. The van der Waals surface area contributed by atoms with Crippen LogP contribution in [0.15, 0.2) is 48.8 Å². The molecule has 0 atom stereocenters. The molecule has 11 nitrogen and oxygen atoms in total. The third-order valence-corrected chi connectivity index (χ3v) is 2.38. The molecular weight excluding hydrogens is 312 g/mol. The van der Waals surface area contributed by atoms with Crippen molar-refractivity contribution in [3.8, 4) is 5.75 Å². The fourth-order valence-electron chi connectivity index (χ4n) is 1.38. The number of hydrogen-bond acceptors (Lipinski definition) is 8. The lowest BCUT2D eigenvalue weighted by Crippen LogP contribution is -1.97. The first-order chi connectivity index (χ1) is 10.8. The van der Waals surface area contributed by atoms with E-state index in [9.17, 15) is 30.3 Å². The van der Waals surface area contributed by atoms with Gasteiger partial charge in [0.25, 0.3) is 11.4 Å². The molecule has 0 amide bonds. The summed E-state index contributed by atoms with van der Waals surface area (Å²) in [6, 6.07) is 0.894. The number of nitrogens with zero attached hydrogens (tertiary/aromatic N) is 3. The zero-order valence-electron chi connectivity index (χ0n) is 11.4. The molecule has 0 unspecified atom stereocenters. The number of allylic oxidation sites excluding steroid dienone is 4. The maximum Gasteiger partial charge on any atom is 0.324 e. The first-order valence-corrected chi connectivity index (χ1v) is 5.89. The molecule has 0 fully saturated rings. The number of nitro benzene ring substituents is 3. The molecule has 0 saturated carbocycles. The number of phenols is 1. The van der Waals surface area contributed by atoms with Gasteiger partial charge in [0.1, 0.15) is 0 Å². The van der Waals surface area contributed by atoms with Crippen molar-refractivity contribution in [2.75, 3.05) is 0 Å². The number of nitrogens with one attached hydrogen (secondary N) is 1. The smallest absolute Gasteiger partial charge is 0.324 e. The molecule has 0 aliphatic carbocycles. The van der Waals surface area contributed by atoms with Gasteiger partial charge in [0.05, 0.1) is 26.9 Å². The Balaban J connectivity index is 0.000000313. The predicted molar refractivity (Wildman–Crippen MR) is 78.6 cm³/mol. The summed E-state index contributed by atoms with van der Waals surface area (Å²) in [4.78, 5) is 27.8. The Morgan fingerprint density at radius 3 is 1.57 bits per heavy atom. The Morgan fingerprint density at radius 2 is 1.22 bits per heavy atom. The maximum absolute atomic E-state index is 10.4. The number of phenolic OH excluding ortho intramolecular Hbond substituents is 1. The second-order valence-corrected chi connectivity index (χ2v) is 3.87. The number of aromatic hydroxyl groups is 1. The maximum atomic E-state index is 10.4. The molecule has 2 rings (SSSR count).